The molecule has 0 amide bonds. The van der Waals surface area contributed by atoms with Gasteiger partial charge in [-0.25, -0.2) is 8.42 Å². The van der Waals surface area contributed by atoms with Crippen molar-refractivity contribution in [2.24, 2.45) is 0 Å². The second-order valence-corrected chi connectivity index (χ2v) is 10.6. The number of carbonyl (C=O) groups excluding carboxylic acids is 1. The van der Waals surface area contributed by atoms with Crippen molar-refractivity contribution in [3.05, 3.63) is 41.2 Å². The van der Waals surface area contributed by atoms with Crippen LogP contribution < -0.4 is 9.47 Å². The van der Waals surface area contributed by atoms with E-state index in [4.69, 9.17) is 9.47 Å². The number of Topliss-reactive ketones (excluding diaryl/α,β-unsaturated/α-hetero) is 1. The summed E-state index contributed by atoms with van der Waals surface area (Å²) in [7, 11) is -3.64. The number of aryl methyl sites for hydroxylation is 1. The highest BCUT2D eigenvalue weighted by Gasteiger charge is 2.31. The SMILES string of the molecule is Cc1cc(C(=O)CN2CCN(S(=O)(=O)c3ccc4c(c3)OCCO4)CC2)c(C)n1C(C)C. The van der Waals surface area contributed by atoms with Crippen molar-refractivity contribution in [3.63, 3.8) is 0 Å². The van der Waals surface area contributed by atoms with Crippen molar-refractivity contribution in [2.45, 2.75) is 38.6 Å². The van der Waals surface area contributed by atoms with Crippen LogP contribution in [0.2, 0.25) is 0 Å². The predicted molar refractivity (Wildman–Crippen MR) is 121 cm³/mol. The van der Waals surface area contributed by atoms with E-state index in [1.807, 2.05) is 24.8 Å². The molecule has 174 valence electrons. The van der Waals surface area contributed by atoms with Crippen molar-refractivity contribution in [2.75, 3.05) is 45.9 Å². The molecule has 1 fully saturated rings. The van der Waals surface area contributed by atoms with E-state index in [0.717, 1.165) is 17.0 Å². The van der Waals surface area contributed by atoms with E-state index in [1.54, 1.807) is 12.1 Å². The molecule has 2 aliphatic rings. The first-order chi connectivity index (χ1) is 15.2. The van der Waals surface area contributed by atoms with E-state index >= 15 is 0 Å². The summed E-state index contributed by atoms with van der Waals surface area (Å²) < 4.78 is 40.9. The lowest BCUT2D eigenvalue weighted by Gasteiger charge is -2.33. The van der Waals surface area contributed by atoms with Gasteiger partial charge in [0, 0.05) is 55.2 Å². The molecule has 0 saturated carbocycles. The van der Waals surface area contributed by atoms with Gasteiger partial charge >= 0.3 is 0 Å². The van der Waals surface area contributed by atoms with E-state index in [-0.39, 0.29) is 10.7 Å². The molecule has 0 N–H and O–H groups in total. The number of benzene rings is 1. The average molecular weight is 462 g/mol. The lowest BCUT2D eigenvalue weighted by atomic mass is 10.1. The van der Waals surface area contributed by atoms with Crippen LogP contribution in [0.3, 0.4) is 0 Å². The molecule has 2 aromatic rings. The maximum Gasteiger partial charge on any atom is 0.243 e. The molecule has 0 unspecified atom stereocenters. The predicted octanol–water partition coefficient (Wildman–Crippen LogP) is 2.65. The minimum Gasteiger partial charge on any atom is -0.486 e. The van der Waals surface area contributed by atoms with E-state index in [2.05, 4.69) is 18.4 Å². The van der Waals surface area contributed by atoms with E-state index in [9.17, 15) is 13.2 Å². The van der Waals surface area contributed by atoms with Crippen molar-refractivity contribution < 1.29 is 22.7 Å². The van der Waals surface area contributed by atoms with Crippen LogP contribution in [0.1, 0.15) is 41.6 Å². The molecule has 1 aromatic carbocycles. The average Bonchev–Trinajstić information content (AvgIpc) is 3.08. The van der Waals surface area contributed by atoms with Gasteiger partial charge in [0.05, 0.1) is 11.4 Å². The van der Waals surface area contributed by atoms with Gasteiger partial charge in [0.25, 0.3) is 0 Å². The van der Waals surface area contributed by atoms with Gasteiger partial charge in [0.2, 0.25) is 10.0 Å². The first-order valence-corrected chi connectivity index (χ1v) is 12.5. The van der Waals surface area contributed by atoms with Crippen molar-refractivity contribution in [1.82, 2.24) is 13.8 Å². The molecule has 1 saturated heterocycles. The fourth-order valence-electron chi connectivity index (χ4n) is 4.60. The van der Waals surface area contributed by atoms with Gasteiger partial charge in [-0.3, -0.25) is 9.69 Å². The molecular formula is C23H31N3O5S. The zero-order chi connectivity index (χ0) is 23.0. The zero-order valence-electron chi connectivity index (χ0n) is 19.1. The largest absolute Gasteiger partial charge is 0.486 e. The van der Waals surface area contributed by atoms with Gasteiger partial charge in [0.15, 0.2) is 17.3 Å². The minimum absolute atomic E-state index is 0.0770. The first kappa shape index (κ1) is 22.8. The highest BCUT2D eigenvalue weighted by Crippen LogP contribution is 2.33. The molecule has 9 heteroatoms. The Morgan fingerprint density at radius 3 is 2.28 bits per heavy atom. The van der Waals surface area contributed by atoms with E-state index < -0.39 is 10.0 Å². The van der Waals surface area contributed by atoms with Gasteiger partial charge in [0.1, 0.15) is 13.2 Å². The van der Waals surface area contributed by atoms with Crippen LogP contribution in [0.15, 0.2) is 29.2 Å². The molecule has 8 nitrogen and oxygen atoms in total. The number of hydrogen-bond acceptors (Lipinski definition) is 6. The second kappa shape index (κ2) is 8.88. The Bertz CT molecular complexity index is 1110. The summed E-state index contributed by atoms with van der Waals surface area (Å²) in [5.41, 5.74) is 2.82. The van der Waals surface area contributed by atoms with Crippen molar-refractivity contribution >= 4 is 15.8 Å². The van der Waals surface area contributed by atoms with Gasteiger partial charge in [-0.2, -0.15) is 4.31 Å². The number of ether oxygens (including phenoxy) is 2. The lowest BCUT2D eigenvalue weighted by Crippen LogP contribution is -2.49. The fraction of sp³-hybridized carbons (Fsp3) is 0.522. The Labute approximate surface area is 189 Å². The van der Waals surface area contributed by atoms with Crippen LogP contribution >= 0.6 is 0 Å². The monoisotopic (exact) mass is 461 g/mol. The number of carbonyl (C=O) groups is 1. The first-order valence-electron chi connectivity index (χ1n) is 11.0. The molecule has 0 aliphatic carbocycles. The summed E-state index contributed by atoms with van der Waals surface area (Å²) in [4.78, 5) is 15.2. The summed E-state index contributed by atoms with van der Waals surface area (Å²) in [6.45, 7) is 11.1. The van der Waals surface area contributed by atoms with E-state index in [0.29, 0.717) is 63.5 Å². The van der Waals surface area contributed by atoms with Crippen LogP contribution in [0.5, 0.6) is 11.5 Å². The third-order valence-electron chi connectivity index (χ3n) is 6.15. The molecule has 0 radical (unpaired) electrons. The summed E-state index contributed by atoms with van der Waals surface area (Å²) in [6.07, 6.45) is 0. The highest BCUT2D eigenvalue weighted by molar-refractivity contribution is 7.89. The maximum absolute atomic E-state index is 13.1. The molecule has 2 aliphatic heterocycles. The minimum atomic E-state index is -3.64. The number of piperazine rings is 1. The normalized spacial score (nSPS) is 17.7. The van der Waals surface area contributed by atoms with E-state index in [1.165, 1.54) is 10.4 Å². The van der Waals surface area contributed by atoms with Gasteiger partial charge in [-0.05, 0) is 45.9 Å². The Kier molecular flexibility index (Phi) is 6.33. The summed E-state index contributed by atoms with van der Waals surface area (Å²) >= 11 is 0. The van der Waals surface area contributed by atoms with Crippen LogP contribution in [-0.4, -0.2) is 73.9 Å². The quantitative estimate of drug-likeness (QED) is 0.616. The van der Waals surface area contributed by atoms with Crippen molar-refractivity contribution in [1.29, 1.82) is 0 Å². The molecule has 3 heterocycles. The van der Waals surface area contributed by atoms with Crippen LogP contribution in [0, 0.1) is 13.8 Å². The number of rotatable bonds is 6. The molecule has 1 aromatic heterocycles. The Morgan fingerprint density at radius 2 is 1.66 bits per heavy atom. The highest BCUT2D eigenvalue weighted by atomic mass is 32.2. The Morgan fingerprint density at radius 1 is 1.00 bits per heavy atom. The van der Waals surface area contributed by atoms with Crippen LogP contribution in [-0.2, 0) is 10.0 Å². The van der Waals surface area contributed by atoms with Crippen LogP contribution in [0.25, 0.3) is 0 Å². The van der Waals surface area contributed by atoms with Gasteiger partial charge < -0.3 is 14.0 Å². The number of hydrogen-bond donors (Lipinski definition) is 0. The number of sulfonamides is 1. The molecule has 32 heavy (non-hydrogen) atoms. The number of nitrogens with zero attached hydrogens (tertiary/aromatic N) is 3. The Balaban J connectivity index is 1.40. The third-order valence-corrected chi connectivity index (χ3v) is 8.05. The van der Waals surface area contributed by atoms with Gasteiger partial charge in [-0.1, -0.05) is 0 Å². The second-order valence-electron chi connectivity index (χ2n) is 8.66. The molecule has 0 bridgehead atoms. The number of fused-ring (bicyclic) bond motifs is 1. The summed E-state index contributed by atoms with van der Waals surface area (Å²) in [6, 6.07) is 6.99. The maximum atomic E-state index is 13.1. The third kappa shape index (κ3) is 4.29. The fourth-order valence-corrected chi connectivity index (χ4v) is 6.04. The van der Waals surface area contributed by atoms with Crippen LogP contribution in [0.4, 0.5) is 0 Å². The summed E-state index contributed by atoms with van der Waals surface area (Å²) in [5.74, 6) is 1.10. The number of aromatic nitrogens is 1. The lowest BCUT2D eigenvalue weighted by molar-refractivity contribution is 0.0901. The Hall–Kier alpha value is -2.36. The molecule has 0 atom stereocenters. The molecular weight excluding hydrogens is 430 g/mol. The zero-order valence-corrected chi connectivity index (χ0v) is 19.9. The number of ketones is 1. The molecule has 0 spiro atoms. The molecule has 4 rings (SSSR count). The summed E-state index contributed by atoms with van der Waals surface area (Å²) in [5, 5.41) is 0. The van der Waals surface area contributed by atoms with Crippen molar-refractivity contribution in [3.8, 4) is 11.5 Å². The topological polar surface area (TPSA) is 81.1 Å². The smallest absolute Gasteiger partial charge is 0.243 e. The van der Waals surface area contributed by atoms with Gasteiger partial charge in [-0.15, -0.1) is 0 Å². The standard InChI is InChI=1S/C23H31N3O5S/c1-16(2)26-17(3)13-20(18(26)4)21(27)15-24-7-9-25(10-8-24)32(28,29)19-5-6-22-23(14-19)31-12-11-30-22/h5-6,13-14,16H,7-12,15H2,1-4H3.